The number of aliphatic hydroxyl groups excluding tert-OH is 1. The first-order valence-corrected chi connectivity index (χ1v) is 9.68. The van der Waals surface area contributed by atoms with Crippen LogP contribution in [-0.2, 0) is 6.54 Å². The Morgan fingerprint density at radius 3 is 2.85 bits per heavy atom. The lowest BCUT2D eigenvalue weighted by molar-refractivity contribution is 0.149. The average molecular weight is 391 g/mol. The molecule has 3 heterocycles. The zero-order valence-electron chi connectivity index (χ0n) is 14.0. The highest BCUT2D eigenvalue weighted by atomic mass is 35.5. The van der Waals surface area contributed by atoms with Gasteiger partial charge in [0, 0.05) is 41.2 Å². The minimum absolute atomic E-state index is 0.213. The Bertz CT molecular complexity index is 902. The fourth-order valence-electron chi connectivity index (χ4n) is 3.20. The molecule has 2 aromatic heterocycles. The molecule has 1 aliphatic rings. The standard InChI is InChI=1S/C17H19ClN6OS/c18-11-1-3-12(4-2-11)26-8-10-5-24(7-14(10)25)6-13-15-16(23-22-13)17(19)21-9-20-15/h1-4,9-10,14,25H,5-8H2,(H,22,23)(H2,19,20,21)/t10-,14+/m0/s1. The van der Waals surface area contributed by atoms with Crippen molar-refractivity contribution in [1.29, 1.82) is 0 Å². The molecule has 2 atom stereocenters. The van der Waals surface area contributed by atoms with E-state index < -0.39 is 0 Å². The second-order valence-electron chi connectivity index (χ2n) is 6.44. The van der Waals surface area contributed by atoms with E-state index in [9.17, 15) is 5.11 Å². The average Bonchev–Trinajstić information content (AvgIpc) is 3.19. The van der Waals surface area contributed by atoms with E-state index in [1.54, 1.807) is 11.8 Å². The Hall–Kier alpha value is -1.87. The van der Waals surface area contributed by atoms with Crippen molar-refractivity contribution in [2.75, 3.05) is 24.6 Å². The van der Waals surface area contributed by atoms with Crippen LogP contribution in [0.3, 0.4) is 0 Å². The molecule has 136 valence electrons. The lowest BCUT2D eigenvalue weighted by Crippen LogP contribution is -2.21. The third-order valence-electron chi connectivity index (χ3n) is 4.58. The van der Waals surface area contributed by atoms with Crippen molar-refractivity contribution >= 4 is 40.2 Å². The molecule has 1 aromatic carbocycles. The van der Waals surface area contributed by atoms with Gasteiger partial charge in [-0.15, -0.1) is 11.8 Å². The van der Waals surface area contributed by atoms with Crippen LogP contribution in [0, 0.1) is 5.92 Å². The molecule has 4 N–H and O–H groups in total. The molecular formula is C17H19ClN6OS. The molecule has 4 rings (SSSR count). The van der Waals surface area contributed by atoms with Gasteiger partial charge in [0.15, 0.2) is 11.3 Å². The van der Waals surface area contributed by atoms with Crippen molar-refractivity contribution in [1.82, 2.24) is 25.1 Å². The van der Waals surface area contributed by atoms with Crippen molar-refractivity contribution in [3.05, 3.63) is 41.3 Å². The number of nitrogens with zero attached hydrogens (tertiary/aromatic N) is 4. The SMILES string of the molecule is Nc1ncnc2c(CN3C[C@@H](CSc4ccc(Cl)cc4)[C@H](O)C3)[nH]nc12. The third kappa shape index (κ3) is 3.64. The molecule has 1 fully saturated rings. The summed E-state index contributed by atoms with van der Waals surface area (Å²) in [5, 5.41) is 18.4. The third-order valence-corrected chi connectivity index (χ3v) is 6.03. The van der Waals surface area contributed by atoms with Crippen molar-refractivity contribution in [3.63, 3.8) is 0 Å². The fraction of sp³-hybridized carbons (Fsp3) is 0.353. The second-order valence-corrected chi connectivity index (χ2v) is 7.97. The predicted molar refractivity (Wildman–Crippen MR) is 103 cm³/mol. The summed E-state index contributed by atoms with van der Waals surface area (Å²) in [6.45, 7) is 2.10. The van der Waals surface area contributed by atoms with Crippen LogP contribution in [0.1, 0.15) is 5.69 Å². The highest BCUT2D eigenvalue weighted by Crippen LogP contribution is 2.28. The van der Waals surface area contributed by atoms with Crippen molar-refractivity contribution in [2.45, 2.75) is 17.5 Å². The summed E-state index contributed by atoms with van der Waals surface area (Å²) in [7, 11) is 0. The fourth-order valence-corrected chi connectivity index (χ4v) is 4.39. The number of hydrogen-bond donors (Lipinski definition) is 3. The topological polar surface area (TPSA) is 104 Å². The molecule has 0 radical (unpaired) electrons. The zero-order chi connectivity index (χ0) is 18.1. The number of hydrogen-bond acceptors (Lipinski definition) is 7. The first kappa shape index (κ1) is 17.5. The summed E-state index contributed by atoms with van der Waals surface area (Å²) in [4.78, 5) is 11.6. The summed E-state index contributed by atoms with van der Waals surface area (Å²) in [6, 6.07) is 7.79. The van der Waals surface area contributed by atoms with E-state index in [2.05, 4.69) is 25.1 Å². The van der Waals surface area contributed by atoms with Gasteiger partial charge in [0.1, 0.15) is 11.8 Å². The Balaban J connectivity index is 1.38. The highest BCUT2D eigenvalue weighted by molar-refractivity contribution is 7.99. The van der Waals surface area contributed by atoms with E-state index in [1.165, 1.54) is 6.33 Å². The number of aromatic nitrogens is 4. The van der Waals surface area contributed by atoms with Crippen LogP contribution in [0.25, 0.3) is 11.0 Å². The number of thioether (sulfide) groups is 1. The second kappa shape index (κ2) is 7.40. The number of nitrogens with two attached hydrogens (primary N) is 1. The molecule has 9 heteroatoms. The molecule has 1 aliphatic heterocycles. The molecule has 3 aromatic rings. The van der Waals surface area contributed by atoms with Gasteiger partial charge in [0.05, 0.1) is 11.8 Å². The number of benzene rings is 1. The Labute approximate surface area is 160 Å². The number of nitrogens with one attached hydrogen (secondary N) is 1. The number of H-pyrrole nitrogens is 1. The van der Waals surface area contributed by atoms with E-state index >= 15 is 0 Å². The van der Waals surface area contributed by atoms with Gasteiger partial charge in [-0.1, -0.05) is 11.6 Å². The highest BCUT2D eigenvalue weighted by Gasteiger charge is 2.31. The van der Waals surface area contributed by atoms with Gasteiger partial charge in [-0.2, -0.15) is 5.10 Å². The van der Waals surface area contributed by atoms with Crippen LogP contribution < -0.4 is 5.73 Å². The molecule has 0 saturated carbocycles. The van der Waals surface area contributed by atoms with E-state index in [4.69, 9.17) is 17.3 Å². The summed E-state index contributed by atoms with van der Waals surface area (Å²) in [6.07, 6.45) is 1.10. The van der Waals surface area contributed by atoms with Gasteiger partial charge in [-0.05, 0) is 24.3 Å². The summed E-state index contributed by atoms with van der Waals surface area (Å²) < 4.78 is 0. The van der Waals surface area contributed by atoms with Gasteiger partial charge < -0.3 is 10.8 Å². The summed E-state index contributed by atoms with van der Waals surface area (Å²) in [5.41, 5.74) is 8.06. The molecule has 0 unspecified atom stereocenters. The molecular weight excluding hydrogens is 372 g/mol. The van der Waals surface area contributed by atoms with Gasteiger partial charge in [-0.3, -0.25) is 10.00 Å². The normalized spacial score (nSPS) is 20.8. The molecule has 26 heavy (non-hydrogen) atoms. The minimum atomic E-state index is -0.344. The number of fused-ring (bicyclic) bond motifs is 1. The van der Waals surface area contributed by atoms with E-state index in [0.717, 1.165) is 33.4 Å². The number of likely N-dealkylation sites (tertiary alicyclic amines) is 1. The Kier molecular flexibility index (Phi) is 4.99. The van der Waals surface area contributed by atoms with Gasteiger partial charge in [-0.25, -0.2) is 9.97 Å². The monoisotopic (exact) mass is 390 g/mol. The lowest BCUT2D eigenvalue weighted by Gasteiger charge is -2.14. The Morgan fingerprint density at radius 2 is 2.04 bits per heavy atom. The van der Waals surface area contributed by atoms with Gasteiger partial charge in [0.2, 0.25) is 0 Å². The summed E-state index contributed by atoms with van der Waals surface area (Å²) in [5.74, 6) is 1.44. The number of anilines is 1. The van der Waals surface area contributed by atoms with E-state index in [-0.39, 0.29) is 12.0 Å². The van der Waals surface area contributed by atoms with Crippen LogP contribution in [0.4, 0.5) is 5.82 Å². The number of β-amino-alcohol motifs (C(OH)–C–C–N with tert-alkyl or cyclic N) is 1. The number of aliphatic hydroxyl groups is 1. The van der Waals surface area contributed by atoms with Gasteiger partial charge in [0.25, 0.3) is 0 Å². The lowest BCUT2D eigenvalue weighted by atomic mass is 10.1. The molecule has 0 amide bonds. The quantitative estimate of drug-likeness (QED) is 0.573. The number of aromatic amines is 1. The van der Waals surface area contributed by atoms with Crippen LogP contribution in [0.15, 0.2) is 35.5 Å². The first-order chi connectivity index (χ1) is 12.6. The van der Waals surface area contributed by atoms with Crippen molar-refractivity contribution in [2.24, 2.45) is 5.92 Å². The zero-order valence-corrected chi connectivity index (χ0v) is 15.5. The van der Waals surface area contributed by atoms with Crippen LogP contribution in [0.5, 0.6) is 0 Å². The van der Waals surface area contributed by atoms with Crippen LogP contribution in [0.2, 0.25) is 5.02 Å². The van der Waals surface area contributed by atoms with Gasteiger partial charge >= 0.3 is 0 Å². The predicted octanol–water partition coefficient (Wildman–Crippen LogP) is 2.17. The molecule has 7 nitrogen and oxygen atoms in total. The van der Waals surface area contributed by atoms with Crippen LogP contribution >= 0.6 is 23.4 Å². The molecule has 0 aliphatic carbocycles. The largest absolute Gasteiger partial charge is 0.391 e. The smallest absolute Gasteiger partial charge is 0.155 e. The van der Waals surface area contributed by atoms with E-state index in [1.807, 2.05) is 24.3 Å². The number of rotatable bonds is 5. The number of halogens is 1. The number of nitrogen functional groups attached to an aromatic ring is 1. The van der Waals surface area contributed by atoms with Crippen molar-refractivity contribution in [3.8, 4) is 0 Å². The van der Waals surface area contributed by atoms with Crippen LogP contribution in [-0.4, -0.2) is 55.1 Å². The maximum atomic E-state index is 10.4. The maximum Gasteiger partial charge on any atom is 0.155 e. The molecule has 0 spiro atoms. The molecule has 0 bridgehead atoms. The first-order valence-electron chi connectivity index (χ1n) is 8.32. The summed E-state index contributed by atoms with van der Waals surface area (Å²) >= 11 is 7.66. The maximum absolute atomic E-state index is 10.4. The Morgan fingerprint density at radius 1 is 1.23 bits per heavy atom. The van der Waals surface area contributed by atoms with E-state index in [0.29, 0.717) is 24.4 Å². The molecule has 1 saturated heterocycles. The minimum Gasteiger partial charge on any atom is -0.391 e. The van der Waals surface area contributed by atoms with Crippen molar-refractivity contribution < 1.29 is 5.11 Å².